The molecule has 0 spiro atoms. The average Bonchev–Trinajstić information content (AvgIpc) is 2.53. The fourth-order valence-corrected chi connectivity index (χ4v) is 2.98. The van der Waals surface area contributed by atoms with E-state index in [2.05, 4.69) is 15.9 Å². The molecule has 0 amide bonds. The van der Waals surface area contributed by atoms with E-state index < -0.39 is 0 Å². The van der Waals surface area contributed by atoms with Crippen LogP contribution in [-0.2, 0) is 25.5 Å². The van der Waals surface area contributed by atoms with Gasteiger partial charge in [-0.3, -0.25) is 9.59 Å². The number of benzene rings is 1. The van der Waals surface area contributed by atoms with Crippen molar-refractivity contribution in [3.63, 3.8) is 0 Å². The Balaban J connectivity index is 2.72. The molecule has 0 radical (unpaired) electrons. The average molecular weight is 403 g/mol. The fourth-order valence-electron chi connectivity index (χ4n) is 2.47. The van der Waals surface area contributed by atoms with Crippen LogP contribution in [0.2, 0.25) is 0 Å². The van der Waals surface area contributed by atoms with Gasteiger partial charge in [0.2, 0.25) is 0 Å². The van der Waals surface area contributed by atoms with Crippen molar-refractivity contribution < 1.29 is 23.5 Å². The van der Waals surface area contributed by atoms with Crippen molar-refractivity contribution in [3.8, 4) is 0 Å². The minimum Gasteiger partial charge on any atom is -0.466 e. The highest BCUT2D eigenvalue weighted by atomic mass is 79.9. The molecule has 0 aliphatic rings. The first kappa shape index (κ1) is 20.6. The minimum atomic E-state index is -0.290. The molecule has 0 saturated carbocycles. The van der Waals surface area contributed by atoms with E-state index in [-0.39, 0.29) is 36.5 Å². The number of hydrogen-bond acceptors (Lipinski definition) is 4. The van der Waals surface area contributed by atoms with Crippen LogP contribution < -0.4 is 0 Å². The van der Waals surface area contributed by atoms with Crippen molar-refractivity contribution in [2.24, 2.45) is 5.92 Å². The van der Waals surface area contributed by atoms with Crippen molar-refractivity contribution in [2.45, 2.75) is 46.0 Å². The van der Waals surface area contributed by atoms with Crippen LogP contribution in [0.25, 0.3) is 0 Å². The zero-order valence-electron chi connectivity index (χ0n) is 14.1. The Hall–Kier alpha value is -1.43. The molecule has 1 aromatic rings. The van der Waals surface area contributed by atoms with Gasteiger partial charge in [-0.25, -0.2) is 4.39 Å². The topological polar surface area (TPSA) is 52.6 Å². The number of halogens is 2. The van der Waals surface area contributed by atoms with Crippen LogP contribution in [0.1, 0.15) is 45.1 Å². The zero-order valence-corrected chi connectivity index (χ0v) is 15.7. The van der Waals surface area contributed by atoms with Gasteiger partial charge in [-0.2, -0.15) is 0 Å². The largest absolute Gasteiger partial charge is 0.466 e. The summed E-state index contributed by atoms with van der Waals surface area (Å²) in [4.78, 5) is 23.2. The van der Waals surface area contributed by atoms with Gasteiger partial charge in [-0.15, -0.1) is 0 Å². The van der Waals surface area contributed by atoms with Gasteiger partial charge >= 0.3 is 11.9 Å². The predicted molar refractivity (Wildman–Crippen MR) is 93.0 cm³/mol. The van der Waals surface area contributed by atoms with E-state index in [1.54, 1.807) is 26.0 Å². The summed E-state index contributed by atoms with van der Waals surface area (Å²) in [5.41, 5.74) is 0.565. The Labute approximate surface area is 150 Å². The second-order valence-electron chi connectivity index (χ2n) is 5.46. The third-order valence-electron chi connectivity index (χ3n) is 3.68. The number of carbonyl (C=O) groups is 2. The molecular formula is C18H24BrFO4. The SMILES string of the molecule is CCOC(=O)CCC(CCC(=O)OCC)Cc1c(F)cccc1Br. The molecule has 0 fully saturated rings. The number of rotatable bonds is 10. The Morgan fingerprint density at radius 3 is 2.08 bits per heavy atom. The Bertz CT molecular complexity index is 506. The van der Waals surface area contributed by atoms with Crippen molar-refractivity contribution in [2.75, 3.05) is 13.2 Å². The molecule has 0 atom stereocenters. The predicted octanol–water partition coefficient (Wildman–Crippen LogP) is 4.43. The number of ether oxygens (including phenoxy) is 2. The van der Waals surface area contributed by atoms with Gasteiger partial charge in [-0.05, 0) is 51.2 Å². The molecule has 0 aliphatic heterocycles. The molecule has 1 aromatic carbocycles. The molecule has 4 nitrogen and oxygen atoms in total. The summed E-state index contributed by atoms with van der Waals surface area (Å²) in [6.45, 7) is 4.19. The fraction of sp³-hybridized carbons (Fsp3) is 0.556. The summed E-state index contributed by atoms with van der Waals surface area (Å²) in [5.74, 6) is -0.842. The minimum absolute atomic E-state index is 0.00740. The van der Waals surface area contributed by atoms with Crippen LogP contribution in [0.3, 0.4) is 0 Å². The second-order valence-corrected chi connectivity index (χ2v) is 6.31. The highest BCUT2D eigenvalue weighted by Crippen LogP contribution is 2.27. The van der Waals surface area contributed by atoms with E-state index in [1.165, 1.54) is 6.07 Å². The highest BCUT2D eigenvalue weighted by molar-refractivity contribution is 9.10. The third kappa shape index (κ3) is 7.43. The summed E-state index contributed by atoms with van der Waals surface area (Å²) in [6, 6.07) is 4.83. The van der Waals surface area contributed by atoms with Gasteiger partial charge in [-0.1, -0.05) is 22.0 Å². The lowest BCUT2D eigenvalue weighted by Gasteiger charge is -2.17. The van der Waals surface area contributed by atoms with E-state index in [4.69, 9.17) is 9.47 Å². The van der Waals surface area contributed by atoms with Crippen LogP contribution >= 0.6 is 15.9 Å². The molecule has 6 heteroatoms. The lowest BCUT2D eigenvalue weighted by molar-refractivity contribution is -0.143. The lowest BCUT2D eigenvalue weighted by Crippen LogP contribution is -2.14. The molecule has 0 N–H and O–H groups in total. The quantitative estimate of drug-likeness (QED) is 0.543. The second kappa shape index (κ2) is 11.2. The van der Waals surface area contributed by atoms with Crippen LogP contribution in [-0.4, -0.2) is 25.2 Å². The molecule has 0 heterocycles. The zero-order chi connectivity index (χ0) is 17.9. The van der Waals surface area contributed by atoms with Crippen LogP contribution in [0.15, 0.2) is 22.7 Å². The lowest BCUT2D eigenvalue weighted by atomic mass is 9.90. The molecule has 0 aromatic heterocycles. The summed E-state index contributed by atoms with van der Waals surface area (Å²) < 4.78 is 24.6. The normalized spacial score (nSPS) is 10.7. The van der Waals surface area contributed by atoms with Crippen molar-refractivity contribution in [1.29, 1.82) is 0 Å². The standard InChI is InChI=1S/C18H24BrFO4/c1-3-23-17(21)10-8-13(9-11-18(22)24-4-2)12-14-15(19)6-5-7-16(14)20/h5-7,13H,3-4,8-12H2,1-2H3. The molecule has 1 rings (SSSR count). The first-order valence-corrected chi connectivity index (χ1v) is 9.01. The Morgan fingerprint density at radius 2 is 1.62 bits per heavy atom. The van der Waals surface area contributed by atoms with Gasteiger partial charge in [0.05, 0.1) is 13.2 Å². The van der Waals surface area contributed by atoms with Crippen LogP contribution in [0.4, 0.5) is 4.39 Å². The number of hydrogen-bond donors (Lipinski definition) is 0. The monoisotopic (exact) mass is 402 g/mol. The number of carbonyl (C=O) groups excluding carboxylic acids is 2. The first-order chi connectivity index (χ1) is 11.5. The Kier molecular flexibility index (Phi) is 9.60. The highest BCUT2D eigenvalue weighted by Gasteiger charge is 2.18. The van der Waals surface area contributed by atoms with E-state index in [0.29, 0.717) is 42.5 Å². The molecule has 0 bridgehead atoms. The maximum atomic E-state index is 14.0. The van der Waals surface area contributed by atoms with Crippen LogP contribution in [0, 0.1) is 11.7 Å². The van der Waals surface area contributed by atoms with Gasteiger partial charge in [0.25, 0.3) is 0 Å². The van der Waals surface area contributed by atoms with Gasteiger partial charge in [0.15, 0.2) is 0 Å². The molecule has 0 saturated heterocycles. The molecule has 134 valence electrons. The van der Waals surface area contributed by atoms with E-state index >= 15 is 0 Å². The van der Waals surface area contributed by atoms with E-state index in [1.807, 2.05) is 0 Å². The smallest absolute Gasteiger partial charge is 0.305 e. The van der Waals surface area contributed by atoms with Gasteiger partial charge < -0.3 is 9.47 Å². The van der Waals surface area contributed by atoms with Crippen molar-refractivity contribution in [1.82, 2.24) is 0 Å². The Morgan fingerprint density at radius 1 is 1.08 bits per heavy atom. The summed E-state index contributed by atoms with van der Waals surface area (Å²) in [6.07, 6.45) is 2.05. The maximum absolute atomic E-state index is 14.0. The first-order valence-electron chi connectivity index (χ1n) is 8.22. The van der Waals surface area contributed by atoms with Gasteiger partial charge in [0.1, 0.15) is 5.82 Å². The molecular weight excluding hydrogens is 379 g/mol. The van der Waals surface area contributed by atoms with E-state index in [0.717, 1.165) is 0 Å². The van der Waals surface area contributed by atoms with Gasteiger partial charge in [0, 0.05) is 22.9 Å². The van der Waals surface area contributed by atoms with Crippen molar-refractivity contribution in [3.05, 3.63) is 34.1 Å². The van der Waals surface area contributed by atoms with Crippen molar-refractivity contribution >= 4 is 27.9 Å². The van der Waals surface area contributed by atoms with E-state index in [9.17, 15) is 14.0 Å². The number of esters is 2. The van der Waals surface area contributed by atoms with Crippen LogP contribution in [0.5, 0.6) is 0 Å². The maximum Gasteiger partial charge on any atom is 0.305 e. The third-order valence-corrected chi connectivity index (χ3v) is 4.42. The summed E-state index contributed by atoms with van der Waals surface area (Å²) in [7, 11) is 0. The molecule has 0 unspecified atom stereocenters. The summed E-state index contributed by atoms with van der Waals surface area (Å²) >= 11 is 3.36. The molecule has 24 heavy (non-hydrogen) atoms. The molecule has 0 aliphatic carbocycles. The summed E-state index contributed by atoms with van der Waals surface area (Å²) in [5, 5.41) is 0.